The van der Waals surface area contributed by atoms with Gasteiger partial charge in [0.2, 0.25) is 0 Å². The van der Waals surface area contributed by atoms with Gasteiger partial charge in [-0.2, -0.15) is 11.8 Å². The third-order valence-corrected chi connectivity index (χ3v) is 5.97. The van der Waals surface area contributed by atoms with E-state index in [4.69, 9.17) is 4.42 Å². The van der Waals surface area contributed by atoms with E-state index in [1.54, 1.807) is 24.1 Å². The number of nitrogens with one attached hydrogen (secondary N) is 1. The van der Waals surface area contributed by atoms with Crippen molar-refractivity contribution in [3.8, 4) is 10.8 Å². The summed E-state index contributed by atoms with van der Waals surface area (Å²) < 4.78 is 5.31. The van der Waals surface area contributed by atoms with Crippen LogP contribution in [0.4, 0.5) is 4.79 Å². The normalized spacial score (nSPS) is 24.5. The lowest BCUT2D eigenvalue weighted by Crippen LogP contribution is -2.46. The molecule has 2 aromatic heterocycles. The molecule has 1 spiro atoms. The third kappa shape index (κ3) is 2.14. The molecule has 0 unspecified atom stereocenters. The van der Waals surface area contributed by atoms with E-state index in [0.29, 0.717) is 23.6 Å². The molecule has 0 aromatic carbocycles. The third-order valence-electron chi connectivity index (χ3n) is 3.87. The van der Waals surface area contributed by atoms with E-state index in [-0.39, 0.29) is 18.5 Å². The number of nitrogens with zero attached hydrogens (tertiary/aromatic N) is 2. The first-order chi connectivity index (χ1) is 10.7. The Balaban J connectivity index is 1.54. The Morgan fingerprint density at radius 2 is 2.36 bits per heavy atom. The van der Waals surface area contributed by atoms with Crippen LogP contribution in [0.15, 0.2) is 28.2 Å². The molecule has 0 bridgehead atoms. The molecule has 2 aromatic rings. The van der Waals surface area contributed by atoms with Crippen LogP contribution >= 0.6 is 23.1 Å². The van der Waals surface area contributed by atoms with Gasteiger partial charge >= 0.3 is 6.03 Å². The Bertz CT molecular complexity index is 720. The van der Waals surface area contributed by atoms with Gasteiger partial charge in [-0.15, -0.1) is 11.3 Å². The number of carbonyl (C=O) groups is 2. The molecule has 2 aliphatic rings. The highest BCUT2D eigenvalue weighted by Gasteiger charge is 2.52. The first kappa shape index (κ1) is 13.8. The fraction of sp³-hybridized carbons (Fsp3) is 0.357. The Morgan fingerprint density at radius 3 is 3.09 bits per heavy atom. The smallest absolute Gasteiger partial charge is 0.325 e. The number of thiazole rings is 1. The van der Waals surface area contributed by atoms with Crippen molar-refractivity contribution in [3.05, 3.63) is 29.5 Å². The van der Waals surface area contributed by atoms with Crippen molar-refractivity contribution < 1.29 is 14.0 Å². The van der Waals surface area contributed by atoms with Crippen LogP contribution in [0.3, 0.4) is 0 Å². The van der Waals surface area contributed by atoms with Gasteiger partial charge in [-0.3, -0.25) is 9.69 Å². The summed E-state index contributed by atoms with van der Waals surface area (Å²) >= 11 is 3.14. The van der Waals surface area contributed by atoms with Crippen molar-refractivity contribution in [2.75, 3.05) is 11.5 Å². The molecule has 1 atom stereocenters. The zero-order valence-corrected chi connectivity index (χ0v) is 13.2. The summed E-state index contributed by atoms with van der Waals surface area (Å²) in [4.78, 5) is 30.4. The number of hydrogen-bond donors (Lipinski definition) is 1. The number of urea groups is 1. The number of carbonyl (C=O) groups excluding carboxylic acids is 2. The SMILES string of the molecule is O=C1N[C@@]2(CCSC2)C(=O)N1Cc1csc(-c2ccco2)n1. The monoisotopic (exact) mass is 335 g/mol. The summed E-state index contributed by atoms with van der Waals surface area (Å²) in [5.41, 5.74) is 0.00401. The van der Waals surface area contributed by atoms with Gasteiger partial charge in [0.25, 0.3) is 5.91 Å². The van der Waals surface area contributed by atoms with Crippen molar-refractivity contribution in [2.45, 2.75) is 18.5 Å². The summed E-state index contributed by atoms with van der Waals surface area (Å²) in [6, 6.07) is 3.32. The average molecular weight is 335 g/mol. The van der Waals surface area contributed by atoms with E-state index in [0.717, 1.165) is 10.8 Å². The van der Waals surface area contributed by atoms with Gasteiger partial charge < -0.3 is 9.73 Å². The molecule has 6 nitrogen and oxygen atoms in total. The van der Waals surface area contributed by atoms with Gasteiger partial charge in [-0.1, -0.05) is 0 Å². The lowest BCUT2D eigenvalue weighted by Gasteiger charge is -2.18. The highest BCUT2D eigenvalue weighted by molar-refractivity contribution is 7.99. The van der Waals surface area contributed by atoms with E-state index >= 15 is 0 Å². The lowest BCUT2D eigenvalue weighted by molar-refractivity contribution is -0.130. The van der Waals surface area contributed by atoms with Crippen LogP contribution in [-0.2, 0) is 11.3 Å². The molecule has 22 heavy (non-hydrogen) atoms. The van der Waals surface area contributed by atoms with Crippen molar-refractivity contribution in [1.82, 2.24) is 15.2 Å². The van der Waals surface area contributed by atoms with Crippen molar-refractivity contribution in [1.29, 1.82) is 0 Å². The lowest BCUT2D eigenvalue weighted by atomic mass is 9.99. The van der Waals surface area contributed by atoms with E-state index in [1.165, 1.54) is 16.2 Å². The van der Waals surface area contributed by atoms with Crippen molar-refractivity contribution in [3.63, 3.8) is 0 Å². The topological polar surface area (TPSA) is 75.4 Å². The molecule has 4 heterocycles. The van der Waals surface area contributed by atoms with E-state index in [2.05, 4.69) is 10.3 Å². The minimum atomic E-state index is -0.693. The van der Waals surface area contributed by atoms with Crippen molar-refractivity contribution >= 4 is 35.0 Å². The summed E-state index contributed by atoms with van der Waals surface area (Å²) in [6.07, 6.45) is 2.29. The predicted octanol–water partition coefficient (Wildman–Crippen LogP) is 2.33. The molecule has 3 amide bonds. The standard InChI is InChI=1S/C14H13N3O3S2/c18-12-14(3-5-21-8-14)16-13(19)17(12)6-9-7-22-11(15-9)10-2-1-4-20-10/h1-2,4,7H,3,5-6,8H2,(H,16,19)/t14-/m1/s1. The summed E-state index contributed by atoms with van der Waals surface area (Å²) in [7, 11) is 0. The van der Waals surface area contributed by atoms with Gasteiger partial charge in [0.15, 0.2) is 10.8 Å². The quantitative estimate of drug-likeness (QED) is 0.871. The van der Waals surface area contributed by atoms with Crippen molar-refractivity contribution in [2.24, 2.45) is 0 Å². The Kier molecular flexibility index (Phi) is 3.23. The molecule has 8 heteroatoms. The maximum absolute atomic E-state index is 12.6. The van der Waals surface area contributed by atoms with E-state index < -0.39 is 5.54 Å². The molecule has 2 fully saturated rings. The maximum Gasteiger partial charge on any atom is 0.325 e. The van der Waals surface area contributed by atoms with Crippen LogP contribution in [0.25, 0.3) is 10.8 Å². The molecule has 2 saturated heterocycles. The molecule has 1 N–H and O–H groups in total. The van der Waals surface area contributed by atoms with Crippen LogP contribution in [0.5, 0.6) is 0 Å². The highest BCUT2D eigenvalue weighted by Crippen LogP contribution is 2.34. The van der Waals surface area contributed by atoms with Gasteiger partial charge in [-0.05, 0) is 24.3 Å². The van der Waals surface area contributed by atoms with Crippen LogP contribution in [0.1, 0.15) is 12.1 Å². The van der Waals surface area contributed by atoms with Gasteiger partial charge in [0.1, 0.15) is 5.54 Å². The Morgan fingerprint density at radius 1 is 1.45 bits per heavy atom. The second kappa shape index (κ2) is 5.13. The summed E-state index contributed by atoms with van der Waals surface area (Å²) in [6.45, 7) is 0.203. The molecule has 0 radical (unpaired) electrons. The first-order valence-corrected chi connectivity index (χ1v) is 8.91. The summed E-state index contributed by atoms with van der Waals surface area (Å²) in [5.74, 6) is 2.12. The number of aromatic nitrogens is 1. The van der Waals surface area contributed by atoms with Gasteiger partial charge in [0.05, 0.1) is 18.5 Å². The number of thioether (sulfide) groups is 1. The molecular weight excluding hydrogens is 322 g/mol. The van der Waals surface area contributed by atoms with Crippen LogP contribution in [0.2, 0.25) is 0 Å². The van der Waals surface area contributed by atoms with Gasteiger partial charge in [-0.25, -0.2) is 9.78 Å². The molecule has 0 aliphatic carbocycles. The maximum atomic E-state index is 12.6. The number of hydrogen-bond acceptors (Lipinski definition) is 6. The number of rotatable bonds is 3. The Labute approximate surface area is 134 Å². The number of furan rings is 1. The second-order valence-electron chi connectivity index (χ2n) is 5.33. The Hall–Kier alpha value is -1.80. The second-order valence-corrected chi connectivity index (χ2v) is 7.29. The van der Waals surface area contributed by atoms with Gasteiger partial charge in [0, 0.05) is 11.1 Å². The molecule has 114 valence electrons. The average Bonchev–Trinajstić information content (AvgIpc) is 3.25. The highest BCUT2D eigenvalue weighted by atomic mass is 32.2. The van der Waals surface area contributed by atoms with Crippen LogP contribution in [-0.4, -0.2) is 38.9 Å². The minimum Gasteiger partial charge on any atom is -0.462 e. The number of amides is 3. The molecular formula is C14H13N3O3S2. The minimum absolute atomic E-state index is 0.130. The number of imide groups is 1. The van der Waals surface area contributed by atoms with Crippen LogP contribution in [0, 0.1) is 0 Å². The summed E-state index contributed by atoms with van der Waals surface area (Å²) in [5, 5.41) is 5.46. The molecule has 4 rings (SSSR count). The zero-order valence-electron chi connectivity index (χ0n) is 11.6. The fourth-order valence-corrected chi connectivity index (χ4v) is 4.81. The zero-order chi connectivity index (χ0) is 15.2. The van der Waals surface area contributed by atoms with E-state index in [9.17, 15) is 9.59 Å². The predicted molar refractivity (Wildman–Crippen MR) is 83.6 cm³/mol. The largest absolute Gasteiger partial charge is 0.462 e. The first-order valence-electron chi connectivity index (χ1n) is 6.88. The fourth-order valence-electron chi connectivity index (χ4n) is 2.71. The molecule has 2 aliphatic heterocycles. The van der Waals surface area contributed by atoms with Crippen LogP contribution < -0.4 is 5.32 Å². The van der Waals surface area contributed by atoms with E-state index in [1.807, 2.05) is 11.4 Å². The molecule has 0 saturated carbocycles.